The molecule has 18 rings (SSSR count). The van der Waals surface area contributed by atoms with E-state index in [0.717, 1.165) is 128 Å². The topological polar surface area (TPSA) is 193 Å². The Kier molecular flexibility index (Phi) is 17.4. The molecule has 10 saturated heterocycles. The van der Waals surface area contributed by atoms with Gasteiger partial charge in [0.15, 0.2) is 6.29 Å². The quantitative estimate of drug-likeness (QED) is 0.0652. The van der Waals surface area contributed by atoms with E-state index in [9.17, 15) is 9.59 Å². The Hall–Kier alpha value is -1.80. The Morgan fingerprint density at radius 1 is 0.450 bits per heavy atom. The molecule has 0 amide bonds. The first kappa shape index (κ1) is 56.0. The van der Waals surface area contributed by atoms with Crippen LogP contribution in [0.1, 0.15) is 173 Å². The van der Waals surface area contributed by atoms with Crippen LogP contribution in [0.2, 0.25) is 0 Å². The number of fused-ring (bicyclic) bond motifs is 8. The van der Waals surface area contributed by atoms with Crippen LogP contribution in [-0.2, 0) is 75.9 Å². The minimum Gasteiger partial charge on any atom is -0.465 e. The number of ether oxygens (including phenoxy) is 14. The molecule has 1 spiro atoms. The van der Waals surface area contributed by atoms with Gasteiger partial charge in [0.05, 0.1) is 143 Å². The largest absolute Gasteiger partial charge is 0.465 e. The number of rotatable bonds is 15. The van der Waals surface area contributed by atoms with Crippen LogP contribution in [-0.4, -0.2) is 168 Å². The molecule has 8 aliphatic carbocycles. The zero-order chi connectivity index (χ0) is 53.7. The van der Waals surface area contributed by atoms with Crippen LogP contribution in [0.25, 0.3) is 0 Å². The molecular weight excluding hydrogens is 1020 g/mol. The zero-order valence-corrected chi connectivity index (χ0v) is 47.8. The summed E-state index contributed by atoms with van der Waals surface area (Å²) in [6.07, 6.45) is 41.5. The van der Waals surface area contributed by atoms with E-state index in [-0.39, 0.29) is 29.6 Å². The summed E-state index contributed by atoms with van der Waals surface area (Å²) in [5, 5.41) is 0. The lowest BCUT2D eigenvalue weighted by Gasteiger charge is -2.43. The Morgan fingerprint density at radius 2 is 0.938 bits per heavy atom. The summed E-state index contributed by atoms with van der Waals surface area (Å²) in [7, 11) is 0. The van der Waals surface area contributed by atoms with Crippen molar-refractivity contribution >= 4 is 11.9 Å². The Labute approximate surface area is 475 Å². The number of allylic oxidation sites excluding steroid dienone is 1. The lowest BCUT2D eigenvalue weighted by molar-refractivity contribution is -0.257. The Morgan fingerprint density at radius 3 is 1.49 bits per heavy atom. The van der Waals surface area contributed by atoms with Gasteiger partial charge in [-0.1, -0.05) is 6.08 Å². The number of hydrogen-bond acceptors (Lipinski definition) is 16. The van der Waals surface area contributed by atoms with Crippen LogP contribution >= 0.6 is 0 Å². The fourth-order valence-electron chi connectivity index (χ4n) is 16.0. The molecule has 24 unspecified atom stereocenters. The summed E-state index contributed by atoms with van der Waals surface area (Å²) >= 11 is 0. The van der Waals surface area contributed by atoms with Crippen molar-refractivity contribution in [3.8, 4) is 0 Å². The van der Waals surface area contributed by atoms with Crippen LogP contribution in [0.15, 0.2) is 12.7 Å². The van der Waals surface area contributed by atoms with E-state index in [0.29, 0.717) is 147 Å². The van der Waals surface area contributed by atoms with E-state index in [2.05, 4.69) is 12.7 Å². The zero-order valence-electron chi connectivity index (χ0n) is 47.8. The number of esters is 2. The van der Waals surface area contributed by atoms with E-state index in [1.54, 1.807) is 0 Å². The minimum absolute atomic E-state index is 0.00258. The molecule has 0 aromatic carbocycles. The third-order valence-corrected chi connectivity index (χ3v) is 22.0. The van der Waals surface area contributed by atoms with Gasteiger partial charge in [-0.3, -0.25) is 9.59 Å². The van der Waals surface area contributed by atoms with E-state index >= 15 is 0 Å². The third kappa shape index (κ3) is 15.2. The van der Waals surface area contributed by atoms with Crippen LogP contribution in [0.3, 0.4) is 0 Å². The molecule has 10 aliphatic heterocycles. The van der Waals surface area contributed by atoms with Gasteiger partial charge >= 0.3 is 11.9 Å². The van der Waals surface area contributed by atoms with E-state index in [1.807, 2.05) is 0 Å². The maximum Gasteiger partial charge on any atom is 0.309 e. The summed E-state index contributed by atoms with van der Waals surface area (Å²) in [4.78, 5) is 23.8. The summed E-state index contributed by atoms with van der Waals surface area (Å²) in [5.41, 5.74) is 0.251. The van der Waals surface area contributed by atoms with Gasteiger partial charge in [0.2, 0.25) is 0 Å². The van der Waals surface area contributed by atoms with E-state index in [1.165, 1.54) is 83.5 Å². The first-order chi connectivity index (χ1) is 39.2. The lowest BCUT2D eigenvalue weighted by Crippen LogP contribution is -2.47. The average molecular weight is 1120 g/mol. The summed E-state index contributed by atoms with van der Waals surface area (Å²) in [6, 6.07) is 0. The van der Waals surface area contributed by atoms with Crippen molar-refractivity contribution < 1.29 is 75.9 Å². The average Bonchev–Trinajstić information content (AvgIpc) is 4.33. The fourth-order valence-corrected chi connectivity index (χ4v) is 16.0. The standard InChI is InChI=1S/C19H30O5.C15H22O4.C14H20O4.C8H12O2.C8H12O/c20-19(22-12-14-5-7-16-18(10-14)24-16)3-1-2-8-21-11-13-4-6-15-17(9-13)23-15;1-2-10-12(18-10)5-9(1)14-16-7-15(8-17-14)4-3-11-13(6-15)19-11;15-14(9-2-4-11-13(6-9)18-11)16-7-8-1-3-10-12(5-8)17-10;1-2-6-7(10-6)3-5(1)8-4-9-8;1-2-6-3-4-7-8(5-6)9-7/h13-18H,1-12H2;9-14H,1-8H2;8-13H,1-7H2;5-8H,1-4H2;2,6-8H,1,3-5H2. The van der Waals surface area contributed by atoms with E-state index < -0.39 is 0 Å². The highest BCUT2D eigenvalue weighted by Gasteiger charge is 2.55. The van der Waals surface area contributed by atoms with Gasteiger partial charge in [-0.2, -0.15) is 0 Å². The Bertz CT molecular complexity index is 2100. The molecule has 18 aliphatic rings. The highest BCUT2D eigenvalue weighted by atomic mass is 16.7. The minimum atomic E-state index is -0.0574. The number of unbranched alkanes of at least 4 members (excludes halogenated alkanes) is 1. The van der Waals surface area contributed by atoms with Crippen molar-refractivity contribution in [2.75, 3.05) is 46.2 Å². The van der Waals surface area contributed by atoms with Gasteiger partial charge in [-0.15, -0.1) is 6.58 Å². The summed E-state index contributed by atoms with van der Waals surface area (Å²) in [5.74, 6) is 3.86. The van der Waals surface area contributed by atoms with Gasteiger partial charge < -0.3 is 66.3 Å². The van der Waals surface area contributed by atoms with Crippen molar-refractivity contribution in [1.29, 1.82) is 0 Å². The molecular formula is C64H96O16. The van der Waals surface area contributed by atoms with Crippen molar-refractivity contribution in [3.05, 3.63) is 12.7 Å². The number of epoxide rings is 9. The van der Waals surface area contributed by atoms with Crippen molar-refractivity contribution in [2.24, 2.45) is 46.8 Å². The molecule has 80 heavy (non-hydrogen) atoms. The molecule has 448 valence electrons. The smallest absolute Gasteiger partial charge is 0.309 e. The molecule has 16 heteroatoms. The van der Waals surface area contributed by atoms with Gasteiger partial charge in [-0.05, 0) is 197 Å². The third-order valence-electron chi connectivity index (χ3n) is 22.0. The van der Waals surface area contributed by atoms with Crippen molar-refractivity contribution in [2.45, 2.75) is 283 Å². The molecule has 0 bridgehead atoms. The SMILES string of the molecule is C1CC2OC2CC1C1CO1.C1CC2OC2CC1C1OCC2(CCC3OC3C2)CO1.C=CC1CCC2OC2C1.O=C(CCCCOCC1CCC2OC2C1)OCC1CCC2OC2C1.O=C(OCC1CCC2OC2C1)C1CCC2OC2C1. The highest BCUT2D eigenvalue weighted by molar-refractivity contribution is 5.72. The van der Waals surface area contributed by atoms with Gasteiger partial charge in [-0.25, -0.2) is 0 Å². The van der Waals surface area contributed by atoms with Crippen LogP contribution in [0, 0.1) is 46.8 Å². The predicted octanol–water partition coefficient (Wildman–Crippen LogP) is 9.07. The Balaban J connectivity index is 0.0000000936. The maximum absolute atomic E-state index is 12.0. The van der Waals surface area contributed by atoms with Crippen LogP contribution in [0.5, 0.6) is 0 Å². The fraction of sp³-hybridized carbons (Fsp3) is 0.938. The number of hydrogen-bond donors (Lipinski definition) is 0. The van der Waals surface area contributed by atoms with Gasteiger partial charge in [0, 0.05) is 31.0 Å². The second kappa shape index (κ2) is 24.9. The molecule has 0 aromatic rings. The molecule has 0 N–H and O–H groups in total. The molecule has 18 fully saturated rings. The normalized spacial score (nSPS) is 49.6. The monoisotopic (exact) mass is 1120 g/mol. The highest BCUT2D eigenvalue weighted by Crippen LogP contribution is 2.51. The molecule has 16 nitrogen and oxygen atoms in total. The maximum atomic E-state index is 12.0. The molecule has 10 heterocycles. The number of carbonyl (C=O) groups is 2. The first-order valence-corrected chi connectivity index (χ1v) is 32.8. The second-order valence-electron chi connectivity index (χ2n) is 28.2. The van der Waals surface area contributed by atoms with Gasteiger partial charge in [0.1, 0.15) is 0 Å². The predicted molar refractivity (Wildman–Crippen MR) is 289 cm³/mol. The molecule has 24 atom stereocenters. The molecule has 0 radical (unpaired) electrons. The summed E-state index contributed by atoms with van der Waals surface area (Å²) in [6.45, 7) is 9.31. The molecule has 8 saturated carbocycles. The van der Waals surface area contributed by atoms with Crippen LogP contribution < -0.4 is 0 Å². The van der Waals surface area contributed by atoms with Crippen molar-refractivity contribution in [1.82, 2.24) is 0 Å². The number of carbonyl (C=O) groups excluding carboxylic acids is 2. The summed E-state index contributed by atoms with van der Waals surface area (Å²) < 4.78 is 78.2. The van der Waals surface area contributed by atoms with Crippen molar-refractivity contribution in [3.63, 3.8) is 0 Å². The van der Waals surface area contributed by atoms with E-state index in [4.69, 9.17) is 66.3 Å². The molecule has 0 aromatic heterocycles. The van der Waals surface area contributed by atoms with Crippen LogP contribution in [0.4, 0.5) is 0 Å². The first-order valence-electron chi connectivity index (χ1n) is 32.8. The second-order valence-corrected chi connectivity index (χ2v) is 28.2. The lowest BCUT2D eigenvalue weighted by atomic mass is 9.74. The van der Waals surface area contributed by atoms with Gasteiger partial charge in [0.25, 0.3) is 0 Å².